The van der Waals surface area contributed by atoms with Gasteiger partial charge in [-0.25, -0.2) is 0 Å². The van der Waals surface area contributed by atoms with Crippen LogP contribution in [0, 0.1) is 17.3 Å². The van der Waals surface area contributed by atoms with E-state index in [0.717, 1.165) is 61.8 Å². The summed E-state index contributed by atoms with van der Waals surface area (Å²) in [7, 11) is 1.84. The predicted octanol–water partition coefficient (Wildman–Crippen LogP) is 8.87. The lowest BCUT2D eigenvalue weighted by Gasteiger charge is -2.43. The maximum Gasteiger partial charge on any atom is 0.330 e. The second-order valence-electron chi connectivity index (χ2n) is 15.2. The van der Waals surface area contributed by atoms with Gasteiger partial charge in [0.25, 0.3) is 0 Å². The fourth-order valence-corrected chi connectivity index (χ4v) is 6.25. The summed E-state index contributed by atoms with van der Waals surface area (Å²) < 4.78 is 5.90. The molecule has 2 heterocycles. The van der Waals surface area contributed by atoms with Gasteiger partial charge in [0.15, 0.2) is 0 Å². The zero-order valence-corrected chi connectivity index (χ0v) is 30.9. The van der Waals surface area contributed by atoms with Crippen molar-refractivity contribution in [3.63, 3.8) is 0 Å². The third kappa shape index (κ3) is 9.06. The van der Waals surface area contributed by atoms with Crippen LogP contribution >= 0.6 is 12.6 Å². The Morgan fingerprint density at radius 3 is 2.09 bits per heavy atom. The number of piperidine rings is 1. The van der Waals surface area contributed by atoms with Gasteiger partial charge in [-0.05, 0) is 95.3 Å². The fourth-order valence-electron chi connectivity index (χ4n) is 6.20. The van der Waals surface area contributed by atoms with Crippen LogP contribution in [0.15, 0.2) is 18.2 Å². The number of anilines is 1. The van der Waals surface area contributed by atoms with Gasteiger partial charge in [-0.3, -0.25) is 4.79 Å². The number of hydrogen-bond donors (Lipinski definition) is 2. The van der Waals surface area contributed by atoms with Crippen LogP contribution in [0.2, 0.25) is 0 Å². The molecule has 3 aliphatic rings. The average Bonchev–Trinajstić information content (AvgIpc) is 3.15. The SMILES string of the molecule is CCC.CCC(C)C(C)(C)CC.CCCC1CC(N2C(=O)C3(CCNCC3)c3ccc([B]OC(C)(C)C(C)(C)S)cc32)C1. The lowest BCUT2D eigenvalue weighted by molar-refractivity contribution is -0.125. The standard InChI is InChI=1S/C25H38BN2O2S.C9H20.C3H8/c1-6-7-17-14-19(15-17)28-21-16-18(26-30-23(2,3)24(4,5)31)8-9-20(21)25(22(28)29)10-12-27-13-11-25;1-6-8(3)9(4,5)7-2;1-3-2/h8-9,16-17,19,27,31H,6-7,10-15H2,1-5H3;8H,6-7H2,1-5H3;3H2,1-2H3. The lowest BCUT2D eigenvalue weighted by Crippen LogP contribution is -2.53. The topological polar surface area (TPSA) is 41.6 Å². The van der Waals surface area contributed by atoms with Crippen molar-refractivity contribution >= 4 is 37.2 Å². The maximum absolute atomic E-state index is 13.8. The second-order valence-corrected chi connectivity index (χ2v) is 16.3. The molecule has 4 rings (SSSR count). The number of carbonyl (C=O) groups is 1. The lowest BCUT2D eigenvalue weighted by atomic mass is 9.73. The fraction of sp³-hybridized carbons (Fsp3) is 0.811. The molecule has 2 aliphatic heterocycles. The molecule has 0 bridgehead atoms. The van der Waals surface area contributed by atoms with E-state index < -0.39 is 5.60 Å². The molecule has 1 radical (unpaired) electrons. The Kier molecular flexibility index (Phi) is 14.2. The first-order chi connectivity index (χ1) is 20.0. The normalized spacial score (nSPS) is 22.1. The van der Waals surface area contributed by atoms with E-state index in [1.165, 1.54) is 37.7 Å². The molecule has 1 aromatic carbocycles. The van der Waals surface area contributed by atoms with Crippen molar-refractivity contribution < 1.29 is 9.45 Å². The van der Waals surface area contributed by atoms with Crippen LogP contribution in [0.4, 0.5) is 5.69 Å². The van der Waals surface area contributed by atoms with E-state index in [2.05, 4.69) is 112 Å². The van der Waals surface area contributed by atoms with Crippen molar-refractivity contribution in [3.05, 3.63) is 23.8 Å². The molecule has 1 atom stereocenters. The van der Waals surface area contributed by atoms with Crippen LogP contribution in [-0.2, 0) is 14.9 Å². The van der Waals surface area contributed by atoms with Gasteiger partial charge in [0.05, 0.1) is 11.0 Å². The molecule has 43 heavy (non-hydrogen) atoms. The van der Waals surface area contributed by atoms with Crippen molar-refractivity contribution in [1.82, 2.24) is 5.32 Å². The summed E-state index contributed by atoms with van der Waals surface area (Å²) in [6.45, 7) is 28.1. The molecule has 1 N–H and O–H groups in total. The van der Waals surface area contributed by atoms with E-state index in [4.69, 9.17) is 17.3 Å². The smallest absolute Gasteiger partial charge is 0.330 e. The molecular formula is C37H66BN2O2S. The van der Waals surface area contributed by atoms with Crippen LogP contribution in [-0.4, -0.2) is 42.9 Å². The highest BCUT2D eigenvalue weighted by Crippen LogP contribution is 2.50. The summed E-state index contributed by atoms with van der Waals surface area (Å²) in [5.74, 6) is 1.97. The van der Waals surface area contributed by atoms with Crippen molar-refractivity contribution in [3.8, 4) is 0 Å². The van der Waals surface area contributed by atoms with E-state index in [1.54, 1.807) is 0 Å². The monoisotopic (exact) mass is 613 g/mol. The Labute approximate surface area is 273 Å². The number of rotatable bonds is 10. The van der Waals surface area contributed by atoms with Crippen molar-refractivity contribution in [2.75, 3.05) is 18.0 Å². The van der Waals surface area contributed by atoms with E-state index in [0.29, 0.717) is 17.4 Å². The molecule has 0 aromatic heterocycles. The highest BCUT2D eigenvalue weighted by Gasteiger charge is 2.54. The summed E-state index contributed by atoms with van der Waals surface area (Å²) in [5.41, 5.74) is 3.15. The quantitative estimate of drug-likeness (QED) is 0.205. The molecule has 1 spiro atoms. The predicted molar refractivity (Wildman–Crippen MR) is 192 cm³/mol. The number of amides is 1. The van der Waals surface area contributed by atoms with Gasteiger partial charge in [-0.15, -0.1) is 0 Å². The molecule has 1 saturated heterocycles. The molecular weight excluding hydrogens is 547 g/mol. The number of nitrogens with one attached hydrogen (secondary N) is 1. The number of fused-ring (bicyclic) bond motifs is 2. The molecule has 1 aliphatic carbocycles. The number of carbonyl (C=O) groups excluding carboxylic acids is 1. The third-order valence-electron chi connectivity index (χ3n) is 11.0. The summed E-state index contributed by atoms with van der Waals surface area (Å²) >= 11 is 4.71. The zero-order chi connectivity index (χ0) is 32.6. The van der Waals surface area contributed by atoms with Crippen LogP contribution in [0.3, 0.4) is 0 Å². The Hall–Kier alpha value is -0.975. The Bertz CT molecular complexity index is 1010. The van der Waals surface area contributed by atoms with Gasteiger partial charge < -0.3 is 14.9 Å². The molecule has 6 heteroatoms. The number of nitrogens with zero attached hydrogens (tertiary/aromatic N) is 1. The average molecular weight is 614 g/mol. The Morgan fingerprint density at radius 2 is 1.63 bits per heavy atom. The van der Waals surface area contributed by atoms with Crippen LogP contribution < -0.4 is 15.7 Å². The van der Waals surface area contributed by atoms with E-state index in [-0.39, 0.29) is 10.2 Å². The van der Waals surface area contributed by atoms with Crippen molar-refractivity contribution in [2.24, 2.45) is 17.3 Å². The summed E-state index contributed by atoms with van der Waals surface area (Å²) in [5, 5.41) is 3.44. The molecule has 245 valence electrons. The maximum atomic E-state index is 13.8. The number of thiol groups is 1. The van der Waals surface area contributed by atoms with E-state index in [1.807, 2.05) is 7.48 Å². The third-order valence-corrected chi connectivity index (χ3v) is 11.5. The molecule has 1 unspecified atom stereocenters. The highest BCUT2D eigenvalue weighted by atomic mass is 32.1. The summed E-state index contributed by atoms with van der Waals surface area (Å²) in [6, 6.07) is 6.83. The van der Waals surface area contributed by atoms with Crippen molar-refractivity contribution in [1.29, 1.82) is 0 Å². The Morgan fingerprint density at radius 1 is 1.05 bits per heavy atom. The van der Waals surface area contributed by atoms with E-state index in [9.17, 15) is 4.79 Å². The molecule has 4 nitrogen and oxygen atoms in total. The van der Waals surface area contributed by atoms with Crippen LogP contribution in [0.1, 0.15) is 146 Å². The number of hydrogen-bond acceptors (Lipinski definition) is 4. The minimum Gasteiger partial charge on any atom is -0.428 e. The molecule has 1 amide bonds. The minimum absolute atomic E-state index is 0.276. The van der Waals surface area contributed by atoms with Crippen LogP contribution in [0.5, 0.6) is 0 Å². The van der Waals surface area contributed by atoms with Crippen LogP contribution in [0.25, 0.3) is 0 Å². The molecule has 2 fully saturated rings. The van der Waals surface area contributed by atoms with Crippen molar-refractivity contribution in [2.45, 2.75) is 163 Å². The largest absolute Gasteiger partial charge is 0.428 e. The summed E-state index contributed by atoms with van der Waals surface area (Å²) in [4.78, 5) is 16.0. The number of benzene rings is 1. The summed E-state index contributed by atoms with van der Waals surface area (Å²) in [6.07, 6.45) is 10.4. The van der Waals surface area contributed by atoms with Gasteiger partial charge in [0, 0.05) is 16.5 Å². The van der Waals surface area contributed by atoms with Gasteiger partial charge in [0.1, 0.15) is 0 Å². The van der Waals surface area contributed by atoms with E-state index >= 15 is 0 Å². The first-order valence-corrected chi connectivity index (χ1v) is 17.9. The second kappa shape index (κ2) is 16.0. The molecule has 1 saturated carbocycles. The van der Waals surface area contributed by atoms with Gasteiger partial charge >= 0.3 is 7.48 Å². The van der Waals surface area contributed by atoms with Gasteiger partial charge in [0.2, 0.25) is 5.91 Å². The van der Waals surface area contributed by atoms with Gasteiger partial charge in [-0.2, -0.15) is 12.6 Å². The molecule has 1 aromatic rings. The highest BCUT2D eigenvalue weighted by molar-refractivity contribution is 7.81. The first-order valence-electron chi connectivity index (χ1n) is 17.5. The Balaban J connectivity index is 0.000000457. The first kappa shape index (κ1) is 38.2. The van der Waals surface area contributed by atoms with Gasteiger partial charge in [-0.1, -0.05) is 105 Å². The minimum atomic E-state index is -0.414. The zero-order valence-electron chi connectivity index (χ0n) is 30.0.